The molecule has 4 heterocycles. The number of ether oxygens (including phenoxy) is 1. The second-order valence-corrected chi connectivity index (χ2v) is 8.58. The van der Waals surface area contributed by atoms with Gasteiger partial charge < -0.3 is 15.0 Å². The molecule has 0 aliphatic carbocycles. The second kappa shape index (κ2) is 6.44. The van der Waals surface area contributed by atoms with E-state index >= 15 is 0 Å². The van der Waals surface area contributed by atoms with Crippen molar-refractivity contribution in [2.45, 2.75) is 44.1 Å². The second-order valence-electron chi connectivity index (χ2n) is 6.72. The third kappa shape index (κ3) is 2.81. The van der Waals surface area contributed by atoms with Crippen molar-refractivity contribution in [1.29, 1.82) is 0 Å². The van der Waals surface area contributed by atoms with E-state index in [4.69, 9.17) is 14.7 Å². The van der Waals surface area contributed by atoms with Crippen LogP contribution in [-0.2, 0) is 17.8 Å². The van der Waals surface area contributed by atoms with Crippen LogP contribution in [-0.4, -0.2) is 48.0 Å². The molecule has 2 aliphatic rings. The van der Waals surface area contributed by atoms with E-state index in [2.05, 4.69) is 24.1 Å². The first-order valence-electron chi connectivity index (χ1n) is 8.59. The highest BCUT2D eigenvalue weighted by Gasteiger charge is 2.34. The van der Waals surface area contributed by atoms with Gasteiger partial charge in [0, 0.05) is 37.5 Å². The molecular weight excluding hydrogens is 340 g/mol. The smallest absolute Gasteiger partial charge is 0.190 e. The number of nitrogens with zero attached hydrogens (tertiary/aromatic N) is 3. The fourth-order valence-electron chi connectivity index (χ4n) is 3.46. The van der Waals surface area contributed by atoms with Crippen LogP contribution >= 0.6 is 23.1 Å². The minimum atomic E-state index is -0.0695. The summed E-state index contributed by atoms with van der Waals surface area (Å²) >= 11 is 3.41. The van der Waals surface area contributed by atoms with Crippen LogP contribution in [0.25, 0.3) is 10.2 Å². The predicted molar refractivity (Wildman–Crippen MR) is 101 cm³/mol. The Bertz CT molecular complexity index is 757. The van der Waals surface area contributed by atoms with Gasteiger partial charge in [0.05, 0.1) is 17.6 Å². The highest BCUT2D eigenvalue weighted by molar-refractivity contribution is 7.98. The lowest BCUT2D eigenvalue weighted by Crippen LogP contribution is -2.44. The largest absolute Gasteiger partial charge is 0.369 e. The normalized spacial score (nSPS) is 24.4. The topological polar surface area (TPSA) is 50.3 Å². The van der Waals surface area contributed by atoms with Crippen molar-refractivity contribution in [2.24, 2.45) is 0 Å². The third-order valence-electron chi connectivity index (χ3n) is 5.14. The number of piperazine rings is 1. The van der Waals surface area contributed by atoms with Gasteiger partial charge >= 0.3 is 0 Å². The molecule has 0 amide bonds. The first-order valence-corrected chi connectivity index (χ1v) is 10.6. The van der Waals surface area contributed by atoms with E-state index < -0.39 is 0 Å². The Morgan fingerprint density at radius 3 is 2.83 bits per heavy atom. The maximum Gasteiger partial charge on any atom is 0.190 e. The van der Waals surface area contributed by atoms with Gasteiger partial charge in [-0.2, -0.15) is 0 Å². The van der Waals surface area contributed by atoms with Crippen molar-refractivity contribution in [3.8, 4) is 0 Å². The van der Waals surface area contributed by atoms with Gasteiger partial charge in [-0.25, -0.2) is 9.97 Å². The Balaban J connectivity index is 1.88. The predicted octanol–water partition coefficient (Wildman–Crippen LogP) is 3.06. The Morgan fingerprint density at radius 2 is 2.12 bits per heavy atom. The number of hydrogen-bond donors (Lipinski definition) is 1. The third-order valence-corrected chi connectivity index (χ3v) is 6.79. The fourth-order valence-corrected chi connectivity index (χ4v) is 4.97. The zero-order valence-corrected chi connectivity index (χ0v) is 16.1. The van der Waals surface area contributed by atoms with E-state index in [0.29, 0.717) is 6.61 Å². The van der Waals surface area contributed by atoms with Crippen molar-refractivity contribution in [3.05, 3.63) is 10.4 Å². The number of anilines is 1. The lowest BCUT2D eigenvalue weighted by Gasteiger charge is -2.34. The maximum atomic E-state index is 6.15. The fraction of sp³-hybridized carbons (Fsp3) is 0.647. The van der Waals surface area contributed by atoms with Crippen molar-refractivity contribution in [2.75, 3.05) is 37.3 Å². The van der Waals surface area contributed by atoms with E-state index in [0.717, 1.165) is 54.8 Å². The van der Waals surface area contributed by atoms with Crippen molar-refractivity contribution < 1.29 is 4.74 Å². The number of rotatable bonds is 3. The summed E-state index contributed by atoms with van der Waals surface area (Å²) < 4.78 is 6.15. The van der Waals surface area contributed by atoms with Gasteiger partial charge in [0.25, 0.3) is 0 Å². The summed E-state index contributed by atoms with van der Waals surface area (Å²) in [5, 5.41) is 5.58. The molecule has 2 aromatic rings. The molecule has 24 heavy (non-hydrogen) atoms. The molecule has 0 saturated carbocycles. The molecule has 2 aromatic heterocycles. The van der Waals surface area contributed by atoms with E-state index in [-0.39, 0.29) is 5.60 Å². The summed E-state index contributed by atoms with van der Waals surface area (Å²) in [6, 6.07) is 0. The number of nitrogens with one attached hydrogen (secondary N) is 1. The number of aromatic nitrogens is 2. The number of thiophene rings is 1. The van der Waals surface area contributed by atoms with Crippen LogP contribution in [0, 0.1) is 0 Å². The van der Waals surface area contributed by atoms with E-state index in [1.165, 1.54) is 15.8 Å². The molecule has 0 spiro atoms. The Labute approximate surface area is 151 Å². The van der Waals surface area contributed by atoms with E-state index in [1.807, 2.05) is 6.26 Å². The van der Waals surface area contributed by atoms with E-state index in [9.17, 15) is 0 Å². The molecule has 0 bridgehead atoms. The average Bonchev–Trinajstić information content (AvgIpc) is 2.99. The Hall–Kier alpha value is -0.890. The first-order chi connectivity index (χ1) is 11.6. The van der Waals surface area contributed by atoms with Gasteiger partial charge in [-0.05, 0) is 25.2 Å². The molecule has 1 saturated heterocycles. The number of fused-ring (bicyclic) bond motifs is 3. The van der Waals surface area contributed by atoms with Gasteiger partial charge in [-0.3, -0.25) is 0 Å². The quantitative estimate of drug-likeness (QED) is 0.667. The van der Waals surface area contributed by atoms with Gasteiger partial charge in [-0.1, -0.05) is 18.7 Å². The molecular formula is C17H24N4OS2. The van der Waals surface area contributed by atoms with Crippen molar-refractivity contribution >= 4 is 39.1 Å². The van der Waals surface area contributed by atoms with Crippen LogP contribution in [0.1, 0.15) is 30.7 Å². The molecule has 2 aliphatic heterocycles. The lowest BCUT2D eigenvalue weighted by molar-refractivity contribution is -0.0543. The summed E-state index contributed by atoms with van der Waals surface area (Å²) in [7, 11) is 0. The van der Waals surface area contributed by atoms with Gasteiger partial charge in [-0.15, -0.1) is 11.3 Å². The first kappa shape index (κ1) is 16.6. The minimum Gasteiger partial charge on any atom is -0.369 e. The van der Waals surface area contributed by atoms with Gasteiger partial charge in [0.2, 0.25) is 0 Å². The van der Waals surface area contributed by atoms with Crippen LogP contribution in [0.5, 0.6) is 0 Å². The lowest BCUT2D eigenvalue weighted by atomic mass is 9.90. The van der Waals surface area contributed by atoms with Crippen molar-refractivity contribution in [1.82, 2.24) is 15.3 Å². The molecule has 1 N–H and O–H groups in total. The molecule has 1 unspecified atom stereocenters. The van der Waals surface area contributed by atoms with Crippen LogP contribution in [0.2, 0.25) is 0 Å². The average molecular weight is 365 g/mol. The van der Waals surface area contributed by atoms with Crippen LogP contribution in [0.4, 0.5) is 5.82 Å². The summed E-state index contributed by atoms with van der Waals surface area (Å²) in [4.78, 5) is 14.6. The standard InChI is InChI=1S/C17H24N4OS2/c1-4-17(2)9-11-12(10-22-17)24-15-13(11)14(19-16(20-15)23-3)21-7-5-18-6-8-21/h18H,4-10H2,1-3H3. The molecule has 7 heteroatoms. The summed E-state index contributed by atoms with van der Waals surface area (Å²) in [6.07, 6.45) is 4.03. The number of thioether (sulfide) groups is 1. The minimum absolute atomic E-state index is 0.0695. The van der Waals surface area contributed by atoms with Crippen molar-refractivity contribution in [3.63, 3.8) is 0 Å². The Kier molecular flexibility index (Phi) is 4.45. The van der Waals surface area contributed by atoms with Crippen LogP contribution in [0.15, 0.2) is 5.16 Å². The zero-order chi connectivity index (χ0) is 16.7. The number of hydrogen-bond acceptors (Lipinski definition) is 7. The Morgan fingerprint density at radius 1 is 1.33 bits per heavy atom. The zero-order valence-electron chi connectivity index (χ0n) is 14.5. The maximum absolute atomic E-state index is 6.15. The molecule has 1 fully saturated rings. The molecule has 4 rings (SSSR count). The monoisotopic (exact) mass is 364 g/mol. The van der Waals surface area contributed by atoms with E-state index in [1.54, 1.807) is 23.1 Å². The molecule has 0 aromatic carbocycles. The highest BCUT2D eigenvalue weighted by Crippen LogP contribution is 2.43. The molecule has 0 radical (unpaired) electrons. The van der Waals surface area contributed by atoms with Gasteiger partial charge in [0.1, 0.15) is 10.6 Å². The molecule has 5 nitrogen and oxygen atoms in total. The summed E-state index contributed by atoms with van der Waals surface area (Å²) in [5.41, 5.74) is 1.35. The molecule has 1 atom stereocenters. The van der Waals surface area contributed by atoms with Crippen LogP contribution in [0.3, 0.4) is 0 Å². The summed E-state index contributed by atoms with van der Waals surface area (Å²) in [5.74, 6) is 1.13. The molecule has 130 valence electrons. The summed E-state index contributed by atoms with van der Waals surface area (Å²) in [6.45, 7) is 9.18. The van der Waals surface area contributed by atoms with Gasteiger partial charge in [0.15, 0.2) is 5.16 Å². The highest BCUT2D eigenvalue weighted by atomic mass is 32.2. The van der Waals surface area contributed by atoms with Crippen LogP contribution < -0.4 is 10.2 Å². The SMILES string of the molecule is CCC1(C)Cc2c(sc3nc(SC)nc(N4CCNCC4)c23)CO1.